The third-order valence-corrected chi connectivity index (χ3v) is 3.29. The highest BCUT2D eigenvalue weighted by Gasteiger charge is 2.13. The Labute approximate surface area is 103 Å². The SMILES string of the molecule is CC(CCO)Sc1ccc(Cl)c(C(=O)O)n1. The number of nitrogens with zero attached hydrogens (tertiary/aromatic N) is 1. The average molecular weight is 262 g/mol. The van der Waals surface area contributed by atoms with Crippen LogP contribution in [-0.4, -0.2) is 33.0 Å². The number of rotatable bonds is 5. The predicted molar refractivity (Wildman–Crippen MR) is 63.2 cm³/mol. The Bertz CT molecular complexity index is 386. The number of aliphatic hydroxyl groups excluding tert-OH is 1. The smallest absolute Gasteiger partial charge is 0.356 e. The van der Waals surface area contributed by atoms with Gasteiger partial charge in [-0.2, -0.15) is 0 Å². The van der Waals surface area contributed by atoms with Crippen molar-refractivity contribution in [2.75, 3.05) is 6.61 Å². The monoisotopic (exact) mass is 261 g/mol. The second-order valence-corrected chi connectivity index (χ2v) is 5.09. The first kappa shape index (κ1) is 13.3. The highest BCUT2D eigenvalue weighted by Crippen LogP contribution is 2.25. The summed E-state index contributed by atoms with van der Waals surface area (Å²) in [6.07, 6.45) is 0.636. The van der Waals surface area contributed by atoms with Gasteiger partial charge in [0.05, 0.1) is 10.0 Å². The van der Waals surface area contributed by atoms with E-state index < -0.39 is 5.97 Å². The number of thioether (sulfide) groups is 1. The van der Waals surface area contributed by atoms with Crippen LogP contribution in [0.4, 0.5) is 0 Å². The summed E-state index contributed by atoms with van der Waals surface area (Å²) >= 11 is 7.11. The van der Waals surface area contributed by atoms with Crippen molar-refractivity contribution in [1.82, 2.24) is 4.98 Å². The number of aromatic nitrogens is 1. The lowest BCUT2D eigenvalue weighted by Crippen LogP contribution is -2.04. The minimum atomic E-state index is -1.14. The molecule has 6 heteroatoms. The van der Waals surface area contributed by atoms with E-state index in [-0.39, 0.29) is 22.6 Å². The van der Waals surface area contributed by atoms with Crippen LogP contribution < -0.4 is 0 Å². The Balaban J connectivity index is 2.82. The minimum absolute atomic E-state index is 0.105. The first-order valence-corrected chi connectivity index (χ1v) is 5.97. The largest absolute Gasteiger partial charge is 0.476 e. The Morgan fingerprint density at radius 3 is 2.88 bits per heavy atom. The molecule has 0 amide bonds. The number of carbonyl (C=O) groups is 1. The summed E-state index contributed by atoms with van der Waals surface area (Å²) in [4.78, 5) is 14.7. The first-order chi connectivity index (χ1) is 7.54. The van der Waals surface area contributed by atoms with Gasteiger partial charge in [-0.1, -0.05) is 18.5 Å². The Morgan fingerprint density at radius 2 is 2.31 bits per heavy atom. The molecule has 16 heavy (non-hydrogen) atoms. The second-order valence-electron chi connectivity index (χ2n) is 3.23. The van der Waals surface area contributed by atoms with Crippen LogP contribution in [0.2, 0.25) is 5.02 Å². The van der Waals surface area contributed by atoms with Crippen molar-refractivity contribution in [3.05, 3.63) is 22.8 Å². The maximum atomic E-state index is 10.8. The zero-order valence-corrected chi connectivity index (χ0v) is 10.3. The molecule has 0 bridgehead atoms. The molecule has 0 fully saturated rings. The van der Waals surface area contributed by atoms with Gasteiger partial charge in [0.2, 0.25) is 0 Å². The number of hydrogen-bond donors (Lipinski definition) is 2. The van der Waals surface area contributed by atoms with Crippen molar-refractivity contribution in [3.63, 3.8) is 0 Å². The van der Waals surface area contributed by atoms with E-state index in [0.717, 1.165) is 0 Å². The van der Waals surface area contributed by atoms with Crippen LogP contribution in [0.1, 0.15) is 23.8 Å². The quantitative estimate of drug-likeness (QED) is 0.796. The van der Waals surface area contributed by atoms with E-state index in [4.69, 9.17) is 21.8 Å². The molecule has 0 aliphatic carbocycles. The number of carboxylic acid groups (broad SMARTS) is 1. The van der Waals surface area contributed by atoms with Crippen LogP contribution in [-0.2, 0) is 0 Å². The third kappa shape index (κ3) is 3.66. The van der Waals surface area contributed by atoms with E-state index in [0.29, 0.717) is 11.4 Å². The Hall–Kier alpha value is -0.780. The second kappa shape index (κ2) is 6.08. The summed E-state index contributed by atoms with van der Waals surface area (Å²) < 4.78 is 0. The summed E-state index contributed by atoms with van der Waals surface area (Å²) in [6, 6.07) is 3.19. The fraction of sp³-hybridized carbons (Fsp3) is 0.400. The van der Waals surface area contributed by atoms with Gasteiger partial charge >= 0.3 is 5.97 Å². The Kier molecular flexibility index (Phi) is 5.05. The fourth-order valence-electron chi connectivity index (χ4n) is 1.09. The number of aromatic carboxylic acids is 1. The van der Waals surface area contributed by atoms with E-state index >= 15 is 0 Å². The van der Waals surface area contributed by atoms with Crippen LogP contribution in [0.15, 0.2) is 17.2 Å². The maximum Gasteiger partial charge on any atom is 0.356 e. The van der Waals surface area contributed by atoms with Gasteiger partial charge in [0, 0.05) is 11.9 Å². The van der Waals surface area contributed by atoms with Crippen LogP contribution in [0.25, 0.3) is 0 Å². The Morgan fingerprint density at radius 1 is 1.62 bits per heavy atom. The summed E-state index contributed by atoms with van der Waals surface area (Å²) in [5.74, 6) is -1.14. The molecule has 0 aliphatic rings. The number of aliphatic hydroxyl groups is 1. The van der Waals surface area contributed by atoms with Crippen molar-refractivity contribution in [1.29, 1.82) is 0 Å². The zero-order chi connectivity index (χ0) is 12.1. The van der Waals surface area contributed by atoms with Crippen molar-refractivity contribution in [3.8, 4) is 0 Å². The topological polar surface area (TPSA) is 70.4 Å². The molecule has 0 aliphatic heterocycles. The molecule has 1 aromatic heterocycles. The van der Waals surface area contributed by atoms with E-state index in [1.807, 2.05) is 6.92 Å². The molecule has 1 aromatic rings. The highest BCUT2D eigenvalue weighted by molar-refractivity contribution is 7.99. The molecule has 2 N–H and O–H groups in total. The van der Waals surface area contributed by atoms with Crippen molar-refractivity contribution < 1.29 is 15.0 Å². The summed E-state index contributed by atoms with van der Waals surface area (Å²) in [5, 5.41) is 18.5. The molecular weight excluding hydrogens is 250 g/mol. The van der Waals surface area contributed by atoms with Gasteiger partial charge in [-0.25, -0.2) is 9.78 Å². The van der Waals surface area contributed by atoms with Crippen LogP contribution in [0.5, 0.6) is 0 Å². The predicted octanol–water partition coefficient (Wildman–Crippen LogP) is 2.30. The van der Waals surface area contributed by atoms with Crippen LogP contribution >= 0.6 is 23.4 Å². The molecule has 0 radical (unpaired) electrons. The molecule has 88 valence electrons. The van der Waals surface area contributed by atoms with E-state index in [9.17, 15) is 4.79 Å². The molecule has 0 saturated heterocycles. The molecule has 1 atom stereocenters. The lowest BCUT2D eigenvalue weighted by atomic mass is 10.3. The minimum Gasteiger partial charge on any atom is -0.476 e. The molecule has 0 aromatic carbocycles. The number of pyridine rings is 1. The van der Waals surface area contributed by atoms with E-state index in [1.165, 1.54) is 17.8 Å². The van der Waals surface area contributed by atoms with Crippen LogP contribution in [0, 0.1) is 0 Å². The standard InChI is InChI=1S/C10H12ClNO3S/c1-6(4-5-13)16-8-3-2-7(11)9(12-8)10(14)15/h2-3,6,13H,4-5H2,1H3,(H,14,15). The van der Waals surface area contributed by atoms with Crippen molar-refractivity contribution >= 4 is 29.3 Å². The third-order valence-electron chi connectivity index (χ3n) is 1.88. The van der Waals surface area contributed by atoms with E-state index in [2.05, 4.69) is 4.98 Å². The van der Waals surface area contributed by atoms with Gasteiger partial charge in [0.15, 0.2) is 5.69 Å². The van der Waals surface area contributed by atoms with Gasteiger partial charge in [-0.15, -0.1) is 11.8 Å². The maximum absolute atomic E-state index is 10.8. The number of carboxylic acids is 1. The van der Waals surface area contributed by atoms with Gasteiger partial charge in [0.25, 0.3) is 0 Å². The van der Waals surface area contributed by atoms with Gasteiger partial charge in [-0.05, 0) is 18.6 Å². The number of halogens is 1. The van der Waals surface area contributed by atoms with Gasteiger partial charge in [-0.3, -0.25) is 0 Å². The molecule has 0 spiro atoms. The van der Waals surface area contributed by atoms with Crippen molar-refractivity contribution in [2.24, 2.45) is 0 Å². The molecular formula is C10H12ClNO3S. The van der Waals surface area contributed by atoms with Gasteiger partial charge < -0.3 is 10.2 Å². The van der Waals surface area contributed by atoms with Crippen LogP contribution in [0.3, 0.4) is 0 Å². The van der Waals surface area contributed by atoms with E-state index in [1.54, 1.807) is 6.07 Å². The van der Waals surface area contributed by atoms with Crippen molar-refractivity contribution in [2.45, 2.75) is 23.6 Å². The molecule has 1 unspecified atom stereocenters. The number of hydrogen-bond acceptors (Lipinski definition) is 4. The molecule has 1 heterocycles. The highest BCUT2D eigenvalue weighted by atomic mass is 35.5. The lowest BCUT2D eigenvalue weighted by molar-refractivity contribution is 0.0690. The molecule has 0 saturated carbocycles. The zero-order valence-electron chi connectivity index (χ0n) is 8.68. The van der Waals surface area contributed by atoms with Gasteiger partial charge in [0.1, 0.15) is 0 Å². The molecule has 1 rings (SSSR count). The summed E-state index contributed by atoms with van der Waals surface area (Å²) in [7, 11) is 0. The average Bonchev–Trinajstić information content (AvgIpc) is 2.21. The molecule has 4 nitrogen and oxygen atoms in total. The summed E-state index contributed by atoms with van der Waals surface area (Å²) in [5.41, 5.74) is -0.136. The normalized spacial score (nSPS) is 12.4. The summed E-state index contributed by atoms with van der Waals surface area (Å²) in [6.45, 7) is 2.05. The lowest BCUT2D eigenvalue weighted by Gasteiger charge is -2.09. The fourth-order valence-corrected chi connectivity index (χ4v) is 2.20. The first-order valence-electron chi connectivity index (χ1n) is 4.72.